The average molecular weight is 440 g/mol. The lowest BCUT2D eigenvalue weighted by Gasteiger charge is -2.25. The number of rotatable bonds is 5. The molecule has 0 aromatic heterocycles. The van der Waals surface area contributed by atoms with E-state index in [0.29, 0.717) is 28.5 Å². The molecule has 1 atom stereocenters. The van der Waals surface area contributed by atoms with Crippen LogP contribution in [0.1, 0.15) is 18.9 Å². The quantitative estimate of drug-likeness (QED) is 0.510. The van der Waals surface area contributed by atoms with Crippen LogP contribution in [0.15, 0.2) is 60.2 Å². The van der Waals surface area contributed by atoms with Gasteiger partial charge in [0, 0.05) is 17.0 Å². The second kappa shape index (κ2) is 7.91. The molecule has 6 nitrogen and oxygen atoms in total. The summed E-state index contributed by atoms with van der Waals surface area (Å²) in [4.78, 5) is 12.1. The SMILES string of the molecule is C=CCC1(C)Oc2cc(Cl)ccc2/C1=N/N(C(N)=O)c1ccc(OC(F)(F)F)cc1. The lowest BCUT2D eigenvalue weighted by Crippen LogP contribution is -2.40. The number of carbonyl (C=O) groups excluding carboxylic acids is 1. The number of hydrogen-bond acceptors (Lipinski definition) is 4. The molecule has 30 heavy (non-hydrogen) atoms. The van der Waals surface area contributed by atoms with Crippen LogP contribution in [-0.4, -0.2) is 23.7 Å². The van der Waals surface area contributed by atoms with Crippen molar-refractivity contribution < 1.29 is 27.4 Å². The van der Waals surface area contributed by atoms with Crippen molar-refractivity contribution in [3.05, 3.63) is 65.7 Å². The molecule has 158 valence electrons. The number of carbonyl (C=O) groups is 1. The minimum absolute atomic E-state index is 0.146. The lowest BCUT2D eigenvalue weighted by atomic mass is 9.93. The van der Waals surface area contributed by atoms with Crippen LogP contribution in [0.4, 0.5) is 23.7 Å². The van der Waals surface area contributed by atoms with Gasteiger partial charge in [-0.3, -0.25) is 0 Å². The number of nitrogens with zero attached hydrogens (tertiary/aromatic N) is 2. The predicted molar refractivity (Wildman–Crippen MR) is 107 cm³/mol. The first-order chi connectivity index (χ1) is 14.0. The van der Waals surface area contributed by atoms with Gasteiger partial charge in [-0.25, -0.2) is 4.79 Å². The van der Waals surface area contributed by atoms with Gasteiger partial charge in [0.25, 0.3) is 0 Å². The zero-order valence-corrected chi connectivity index (χ0v) is 16.5. The molecule has 0 radical (unpaired) electrons. The smallest absolute Gasteiger partial charge is 0.480 e. The third kappa shape index (κ3) is 4.51. The number of alkyl halides is 3. The van der Waals surface area contributed by atoms with Crippen molar-refractivity contribution >= 4 is 29.0 Å². The number of amides is 2. The van der Waals surface area contributed by atoms with Gasteiger partial charge in [0.15, 0.2) is 5.60 Å². The number of anilines is 1. The molecular formula is C20H17ClF3N3O3. The number of ether oxygens (including phenoxy) is 2. The second-order valence-corrected chi connectivity index (χ2v) is 7.04. The standard InChI is InChI=1S/C20H17ClF3N3O3/c1-3-10-19(2)17(15-9-4-12(21)11-16(15)30-19)26-27(18(25)28)13-5-7-14(8-6-13)29-20(22,23)24/h3-9,11H,1,10H2,2H3,(H2,25,28)/b26-17-. The van der Waals surface area contributed by atoms with E-state index < -0.39 is 23.7 Å². The van der Waals surface area contributed by atoms with Gasteiger partial charge in [0.2, 0.25) is 0 Å². The molecule has 1 aliphatic heterocycles. The van der Waals surface area contributed by atoms with E-state index in [1.807, 2.05) is 0 Å². The van der Waals surface area contributed by atoms with Gasteiger partial charge in [-0.1, -0.05) is 17.7 Å². The topological polar surface area (TPSA) is 77.1 Å². The molecule has 3 rings (SSSR count). The summed E-state index contributed by atoms with van der Waals surface area (Å²) < 4.78 is 46.9. The number of halogens is 4. The van der Waals surface area contributed by atoms with Gasteiger partial charge >= 0.3 is 12.4 Å². The van der Waals surface area contributed by atoms with E-state index in [-0.39, 0.29) is 5.69 Å². The Bertz CT molecular complexity index is 1010. The normalized spacial score (nSPS) is 19.2. The van der Waals surface area contributed by atoms with Crippen LogP contribution in [0.2, 0.25) is 5.02 Å². The van der Waals surface area contributed by atoms with E-state index in [4.69, 9.17) is 22.1 Å². The molecule has 0 spiro atoms. The van der Waals surface area contributed by atoms with Gasteiger partial charge in [-0.15, -0.1) is 19.8 Å². The van der Waals surface area contributed by atoms with Crippen molar-refractivity contribution in [1.82, 2.24) is 0 Å². The first kappa shape index (κ1) is 21.5. The Labute approximate surface area is 175 Å². The molecular weight excluding hydrogens is 423 g/mol. The fraction of sp³-hybridized carbons (Fsp3) is 0.200. The van der Waals surface area contributed by atoms with Crippen molar-refractivity contribution in [2.75, 3.05) is 5.01 Å². The highest BCUT2D eigenvalue weighted by Crippen LogP contribution is 2.39. The largest absolute Gasteiger partial charge is 0.573 e. The van der Waals surface area contributed by atoms with Gasteiger partial charge in [0.05, 0.1) is 5.69 Å². The molecule has 0 aliphatic carbocycles. The minimum Gasteiger partial charge on any atom is -0.480 e. The summed E-state index contributed by atoms with van der Waals surface area (Å²) in [5, 5.41) is 5.73. The van der Waals surface area contributed by atoms with Crippen LogP contribution in [0.25, 0.3) is 0 Å². The maximum Gasteiger partial charge on any atom is 0.573 e. The first-order valence-electron chi connectivity index (χ1n) is 8.67. The number of fused-ring (bicyclic) bond motifs is 1. The van der Waals surface area contributed by atoms with Crippen LogP contribution in [-0.2, 0) is 0 Å². The molecule has 1 heterocycles. The van der Waals surface area contributed by atoms with E-state index in [1.54, 1.807) is 31.2 Å². The Morgan fingerprint density at radius 1 is 1.33 bits per heavy atom. The van der Waals surface area contributed by atoms with Gasteiger partial charge in [-0.05, 0) is 49.4 Å². The maximum absolute atomic E-state index is 12.4. The predicted octanol–water partition coefficient (Wildman–Crippen LogP) is 5.26. The van der Waals surface area contributed by atoms with Crippen LogP contribution in [0.3, 0.4) is 0 Å². The van der Waals surface area contributed by atoms with Crippen LogP contribution in [0, 0.1) is 0 Å². The lowest BCUT2D eigenvalue weighted by molar-refractivity contribution is -0.274. The second-order valence-electron chi connectivity index (χ2n) is 6.61. The number of urea groups is 1. The van der Waals surface area contributed by atoms with Crippen LogP contribution in [0.5, 0.6) is 11.5 Å². The average Bonchev–Trinajstić information content (AvgIpc) is 2.89. The van der Waals surface area contributed by atoms with Crippen molar-refractivity contribution in [3.63, 3.8) is 0 Å². The molecule has 1 aliphatic rings. The van der Waals surface area contributed by atoms with Crippen molar-refractivity contribution in [1.29, 1.82) is 0 Å². The van der Waals surface area contributed by atoms with E-state index in [1.165, 1.54) is 12.1 Å². The summed E-state index contributed by atoms with van der Waals surface area (Å²) in [6.45, 7) is 5.49. The van der Waals surface area contributed by atoms with Crippen LogP contribution < -0.4 is 20.2 Å². The Morgan fingerprint density at radius 3 is 2.57 bits per heavy atom. The van der Waals surface area contributed by atoms with Gasteiger partial charge in [0.1, 0.15) is 17.2 Å². The molecule has 0 fully saturated rings. The number of hydrazone groups is 1. The van der Waals surface area contributed by atoms with E-state index in [2.05, 4.69) is 16.4 Å². The molecule has 0 bridgehead atoms. The highest BCUT2D eigenvalue weighted by molar-refractivity contribution is 6.31. The van der Waals surface area contributed by atoms with Crippen LogP contribution >= 0.6 is 11.6 Å². The highest BCUT2D eigenvalue weighted by Gasteiger charge is 2.42. The number of benzene rings is 2. The Hall–Kier alpha value is -3.20. The fourth-order valence-corrected chi connectivity index (χ4v) is 3.21. The van der Waals surface area contributed by atoms with Crippen molar-refractivity contribution in [2.45, 2.75) is 25.3 Å². The number of primary amides is 1. The summed E-state index contributed by atoms with van der Waals surface area (Å²) in [7, 11) is 0. The van der Waals surface area contributed by atoms with Crippen molar-refractivity contribution in [3.8, 4) is 11.5 Å². The summed E-state index contributed by atoms with van der Waals surface area (Å²) >= 11 is 6.04. The number of hydrogen-bond donors (Lipinski definition) is 1. The van der Waals surface area contributed by atoms with E-state index in [9.17, 15) is 18.0 Å². The zero-order valence-electron chi connectivity index (χ0n) is 15.7. The van der Waals surface area contributed by atoms with Gasteiger partial charge in [-0.2, -0.15) is 10.1 Å². The maximum atomic E-state index is 12.4. The third-order valence-corrected chi connectivity index (χ3v) is 4.53. The minimum atomic E-state index is -4.83. The summed E-state index contributed by atoms with van der Waals surface area (Å²) in [6.07, 6.45) is -2.83. The Balaban J connectivity index is 2.03. The highest BCUT2D eigenvalue weighted by atomic mass is 35.5. The molecule has 10 heteroatoms. The molecule has 2 N–H and O–H groups in total. The fourth-order valence-electron chi connectivity index (χ4n) is 3.05. The monoisotopic (exact) mass is 439 g/mol. The summed E-state index contributed by atoms with van der Waals surface area (Å²) in [5.41, 5.74) is 5.67. The van der Waals surface area contributed by atoms with Gasteiger partial charge < -0.3 is 15.2 Å². The molecule has 2 amide bonds. The Kier molecular flexibility index (Phi) is 5.67. The first-order valence-corrected chi connectivity index (χ1v) is 9.04. The van der Waals surface area contributed by atoms with E-state index in [0.717, 1.165) is 17.1 Å². The molecule has 2 aromatic rings. The molecule has 0 saturated heterocycles. The summed E-state index contributed by atoms with van der Waals surface area (Å²) in [6, 6.07) is 8.62. The molecule has 0 saturated carbocycles. The van der Waals surface area contributed by atoms with E-state index >= 15 is 0 Å². The van der Waals surface area contributed by atoms with Crippen molar-refractivity contribution in [2.24, 2.45) is 10.8 Å². The third-order valence-electron chi connectivity index (χ3n) is 4.29. The molecule has 2 aromatic carbocycles. The number of nitrogens with two attached hydrogens (primary N) is 1. The molecule has 1 unspecified atom stereocenters. The zero-order chi connectivity index (χ0) is 22.1. The summed E-state index contributed by atoms with van der Waals surface area (Å²) in [5.74, 6) is 0.0351. The Morgan fingerprint density at radius 2 is 2.00 bits per heavy atom.